The Bertz CT molecular complexity index is 661. The summed E-state index contributed by atoms with van der Waals surface area (Å²) in [4.78, 5) is 21.2. The van der Waals surface area contributed by atoms with Crippen molar-refractivity contribution in [1.82, 2.24) is 4.31 Å². The lowest BCUT2D eigenvalue weighted by Gasteiger charge is -2.29. The molecule has 1 aromatic rings. The van der Waals surface area contributed by atoms with Crippen LogP contribution in [0.3, 0.4) is 0 Å². The van der Waals surface area contributed by atoms with Crippen LogP contribution < -0.4 is 0 Å². The quantitative estimate of drug-likeness (QED) is 0.623. The van der Waals surface area contributed by atoms with Crippen LogP contribution in [-0.2, 0) is 14.8 Å². The number of nitro benzene ring substituents is 1. The molecule has 0 radical (unpaired) electrons. The second-order valence-electron chi connectivity index (χ2n) is 5.02. The summed E-state index contributed by atoms with van der Waals surface area (Å²) in [6.07, 6.45) is 1.60. The van der Waals surface area contributed by atoms with Crippen LogP contribution >= 0.6 is 0 Å². The summed E-state index contributed by atoms with van der Waals surface area (Å²) < 4.78 is 26.3. The third-order valence-electron chi connectivity index (χ3n) is 3.75. The normalized spacial score (nSPS) is 17.1. The molecular weight excluding hydrogens is 296 g/mol. The molecule has 7 nitrogen and oxygen atoms in total. The molecule has 0 unspecified atom stereocenters. The Kier molecular flexibility index (Phi) is 4.38. The molecule has 0 spiro atoms. The predicted molar refractivity (Wildman–Crippen MR) is 75.3 cm³/mol. The predicted octanol–water partition coefficient (Wildman–Crippen LogP) is 1.73. The van der Waals surface area contributed by atoms with Gasteiger partial charge in [0.1, 0.15) is 5.78 Å². The summed E-state index contributed by atoms with van der Waals surface area (Å²) >= 11 is 0. The van der Waals surface area contributed by atoms with Gasteiger partial charge in [-0.3, -0.25) is 14.9 Å². The topological polar surface area (TPSA) is 97.6 Å². The molecule has 0 atom stereocenters. The zero-order valence-electron chi connectivity index (χ0n) is 11.6. The maximum atomic E-state index is 12.6. The zero-order valence-corrected chi connectivity index (χ0v) is 12.4. The van der Waals surface area contributed by atoms with Crippen LogP contribution in [0, 0.1) is 10.1 Å². The van der Waals surface area contributed by atoms with Crippen molar-refractivity contribution in [2.75, 3.05) is 7.05 Å². The number of para-hydroxylation sites is 1. The molecule has 1 aliphatic rings. The van der Waals surface area contributed by atoms with E-state index >= 15 is 0 Å². The van der Waals surface area contributed by atoms with E-state index in [4.69, 9.17) is 0 Å². The molecule has 0 heterocycles. The van der Waals surface area contributed by atoms with E-state index in [0.29, 0.717) is 25.7 Å². The van der Waals surface area contributed by atoms with Crippen molar-refractivity contribution >= 4 is 21.5 Å². The van der Waals surface area contributed by atoms with E-state index in [9.17, 15) is 23.3 Å². The second-order valence-corrected chi connectivity index (χ2v) is 6.98. The van der Waals surface area contributed by atoms with E-state index in [2.05, 4.69) is 0 Å². The Morgan fingerprint density at radius 3 is 2.38 bits per heavy atom. The van der Waals surface area contributed by atoms with Crippen molar-refractivity contribution in [3.05, 3.63) is 34.4 Å². The number of hydrogen-bond acceptors (Lipinski definition) is 5. The van der Waals surface area contributed by atoms with E-state index in [1.54, 1.807) is 0 Å². The number of nitro groups is 1. The van der Waals surface area contributed by atoms with Gasteiger partial charge in [0, 0.05) is 32.0 Å². The monoisotopic (exact) mass is 312 g/mol. The van der Waals surface area contributed by atoms with Crippen LogP contribution in [0.25, 0.3) is 0 Å². The minimum Gasteiger partial charge on any atom is -0.300 e. The number of sulfonamides is 1. The molecular formula is C13H16N2O5S. The highest BCUT2D eigenvalue weighted by Crippen LogP contribution is 2.29. The van der Waals surface area contributed by atoms with Gasteiger partial charge in [0.05, 0.1) is 4.92 Å². The van der Waals surface area contributed by atoms with Gasteiger partial charge < -0.3 is 0 Å². The van der Waals surface area contributed by atoms with E-state index in [1.165, 1.54) is 31.3 Å². The zero-order chi connectivity index (χ0) is 15.6. The first-order valence-corrected chi connectivity index (χ1v) is 8.01. The number of rotatable bonds is 4. The Hall–Kier alpha value is -1.80. The summed E-state index contributed by atoms with van der Waals surface area (Å²) in [5, 5.41) is 11.0. The van der Waals surface area contributed by atoms with Crippen molar-refractivity contribution in [2.45, 2.75) is 36.6 Å². The smallest absolute Gasteiger partial charge is 0.289 e. The van der Waals surface area contributed by atoms with Gasteiger partial charge in [-0.25, -0.2) is 8.42 Å². The van der Waals surface area contributed by atoms with E-state index in [1.807, 2.05) is 0 Å². The summed E-state index contributed by atoms with van der Waals surface area (Å²) in [5.74, 6) is 0.128. The van der Waals surface area contributed by atoms with Gasteiger partial charge in [-0.2, -0.15) is 4.31 Å². The lowest BCUT2D eigenvalue weighted by atomic mass is 9.95. The number of hydrogen-bond donors (Lipinski definition) is 0. The molecule has 0 amide bonds. The Morgan fingerprint density at radius 1 is 1.24 bits per heavy atom. The van der Waals surface area contributed by atoms with Gasteiger partial charge in [0.2, 0.25) is 10.0 Å². The van der Waals surface area contributed by atoms with Gasteiger partial charge in [0.25, 0.3) is 5.69 Å². The van der Waals surface area contributed by atoms with Crippen molar-refractivity contribution < 1.29 is 18.1 Å². The summed E-state index contributed by atoms with van der Waals surface area (Å²) in [5.41, 5.74) is -0.434. The SMILES string of the molecule is CN(C1CCC(=O)CC1)S(=O)(=O)c1ccccc1[N+](=O)[O-]. The molecule has 21 heavy (non-hydrogen) atoms. The Balaban J connectivity index is 2.34. The largest absolute Gasteiger partial charge is 0.300 e. The highest BCUT2D eigenvalue weighted by molar-refractivity contribution is 7.89. The molecule has 1 aromatic carbocycles. The highest BCUT2D eigenvalue weighted by Gasteiger charge is 2.34. The van der Waals surface area contributed by atoms with Crippen LogP contribution in [-0.4, -0.2) is 36.5 Å². The van der Waals surface area contributed by atoms with Crippen molar-refractivity contribution in [1.29, 1.82) is 0 Å². The molecule has 0 aliphatic heterocycles. The van der Waals surface area contributed by atoms with Crippen LogP contribution in [0.5, 0.6) is 0 Å². The van der Waals surface area contributed by atoms with E-state index in [0.717, 1.165) is 4.31 Å². The summed E-state index contributed by atoms with van der Waals surface area (Å²) in [7, 11) is -2.54. The number of nitrogens with zero attached hydrogens (tertiary/aromatic N) is 2. The van der Waals surface area contributed by atoms with Gasteiger partial charge in [-0.15, -0.1) is 0 Å². The fourth-order valence-corrected chi connectivity index (χ4v) is 4.04. The molecule has 1 fully saturated rings. The number of Topliss-reactive ketones (excluding diaryl/α,β-unsaturated/α-hetero) is 1. The number of carbonyl (C=O) groups excluding carboxylic acids is 1. The van der Waals surface area contributed by atoms with Crippen LogP contribution in [0.15, 0.2) is 29.2 Å². The Morgan fingerprint density at radius 2 is 1.81 bits per heavy atom. The van der Waals surface area contributed by atoms with Crippen LogP contribution in [0.2, 0.25) is 0 Å². The molecule has 0 saturated heterocycles. The number of benzene rings is 1. The first-order chi connectivity index (χ1) is 9.84. The van der Waals surface area contributed by atoms with Crippen molar-refractivity contribution in [3.63, 3.8) is 0 Å². The Labute approximate surface area is 122 Å². The molecule has 2 rings (SSSR count). The van der Waals surface area contributed by atoms with Gasteiger partial charge >= 0.3 is 0 Å². The maximum Gasteiger partial charge on any atom is 0.289 e. The molecule has 1 saturated carbocycles. The van der Waals surface area contributed by atoms with E-state index < -0.39 is 20.6 Å². The molecule has 0 bridgehead atoms. The second kappa shape index (κ2) is 5.90. The van der Waals surface area contributed by atoms with Gasteiger partial charge in [-0.05, 0) is 18.9 Å². The lowest BCUT2D eigenvalue weighted by Crippen LogP contribution is -2.39. The third kappa shape index (κ3) is 3.11. The molecule has 0 N–H and O–H groups in total. The molecule has 8 heteroatoms. The fraction of sp³-hybridized carbons (Fsp3) is 0.462. The van der Waals surface area contributed by atoms with Gasteiger partial charge in [-0.1, -0.05) is 12.1 Å². The standard InChI is InChI=1S/C13H16N2O5S/c1-14(10-6-8-11(16)9-7-10)21(19,20)13-5-3-2-4-12(13)15(17)18/h2-5,10H,6-9H2,1H3. The first kappa shape index (κ1) is 15.6. The highest BCUT2D eigenvalue weighted by atomic mass is 32.2. The maximum absolute atomic E-state index is 12.6. The molecule has 1 aliphatic carbocycles. The van der Waals surface area contributed by atoms with E-state index in [-0.39, 0.29) is 16.7 Å². The minimum atomic E-state index is -3.95. The third-order valence-corrected chi connectivity index (χ3v) is 5.70. The van der Waals surface area contributed by atoms with Crippen LogP contribution in [0.1, 0.15) is 25.7 Å². The molecule has 114 valence electrons. The minimum absolute atomic E-state index is 0.128. The first-order valence-electron chi connectivity index (χ1n) is 6.57. The van der Waals surface area contributed by atoms with Gasteiger partial charge in [0.15, 0.2) is 4.90 Å². The fourth-order valence-electron chi connectivity index (χ4n) is 2.47. The average molecular weight is 312 g/mol. The van der Waals surface area contributed by atoms with Crippen molar-refractivity contribution in [2.24, 2.45) is 0 Å². The number of carbonyl (C=O) groups is 1. The molecule has 0 aromatic heterocycles. The van der Waals surface area contributed by atoms with Crippen LogP contribution in [0.4, 0.5) is 5.69 Å². The summed E-state index contributed by atoms with van der Waals surface area (Å²) in [6.45, 7) is 0. The summed E-state index contributed by atoms with van der Waals surface area (Å²) in [6, 6.07) is 4.99. The lowest BCUT2D eigenvalue weighted by molar-refractivity contribution is -0.387. The average Bonchev–Trinajstić information content (AvgIpc) is 2.47. The van der Waals surface area contributed by atoms with Crippen molar-refractivity contribution in [3.8, 4) is 0 Å². The number of ketones is 1.